The zero-order valence-corrected chi connectivity index (χ0v) is 14.4. The number of amides is 1. The summed E-state index contributed by atoms with van der Waals surface area (Å²) in [6.07, 6.45) is 3.02. The number of fused-ring (bicyclic) bond motifs is 1. The van der Waals surface area contributed by atoms with Crippen LogP contribution < -0.4 is 10.1 Å². The van der Waals surface area contributed by atoms with Crippen molar-refractivity contribution in [2.75, 3.05) is 13.2 Å². The number of halogens is 1. The predicted molar refractivity (Wildman–Crippen MR) is 88.9 cm³/mol. The van der Waals surface area contributed by atoms with Gasteiger partial charge >= 0.3 is 0 Å². The molecule has 0 bridgehead atoms. The first kappa shape index (κ1) is 16.3. The molecular formula is C17H24BrNO2. The molecule has 3 nitrogen and oxygen atoms in total. The van der Waals surface area contributed by atoms with Gasteiger partial charge in [0.25, 0.3) is 0 Å². The van der Waals surface area contributed by atoms with Gasteiger partial charge < -0.3 is 10.1 Å². The molecule has 2 rings (SSSR count). The number of hydrogen-bond donors (Lipinski definition) is 1. The van der Waals surface area contributed by atoms with E-state index >= 15 is 0 Å². The molecule has 0 radical (unpaired) electrons. The van der Waals surface area contributed by atoms with Crippen LogP contribution in [0, 0.1) is 11.8 Å². The van der Waals surface area contributed by atoms with Gasteiger partial charge in [-0.3, -0.25) is 4.79 Å². The van der Waals surface area contributed by atoms with Crippen molar-refractivity contribution in [3.05, 3.63) is 29.8 Å². The Morgan fingerprint density at radius 3 is 2.81 bits per heavy atom. The third-order valence-electron chi connectivity index (χ3n) is 4.28. The number of ether oxygens (including phenoxy) is 1. The van der Waals surface area contributed by atoms with Gasteiger partial charge in [0.1, 0.15) is 12.4 Å². The molecule has 21 heavy (non-hydrogen) atoms. The van der Waals surface area contributed by atoms with Crippen LogP contribution in [0.1, 0.15) is 32.3 Å². The lowest BCUT2D eigenvalue weighted by molar-refractivity contribution is -0.126. The van der Waals surface area contributed by atoms with Gasteiger partial charge in [-0.1, -0.05) is 60.8 Å². The highest BCUT2D eigenvalue weighted by Crippen LogP contribution is 2.27. The van der Waals surface area contributed by atoms with Crippen LogP contribution in [0.3, 0.4) is 0 Å². The Morgan fingerprint density at radius 2 is 2.10 bits per heavy atom. The summed E-state index contributed by atoms with van der Waals surface area (Å²) in [6.45, 7) is 5.54. The first-order valence-electron chi connectivity index (χ1n) is 7.78. The molecule has 0 saturated carbocycles. The molecule has 1 aromatic carbocycles. The van der Waals surface area contributed by atoms with Crippen LogP contribution in [0.2, 0.25) is 0 Å². The monoisotopic (exact) mass is 353 g/mol. The lowest BCUT2D eigenvalue weighted by Crippen LogP contribution is -2.40. The topological polar surface area (TPSA) is 38.3 Å². The maximum atomic E-state index is 12.3. The fourth-order valence-corrected chi connectivity index (χ4v) is 3.72. The van der Waals surface area contributed by atoms with E-state index in [1.54, 1.807) is 0 Å². The average Bonchev–Trinajstić information content (AvgIpc) is 2.53. The van der Waals surface area contributed by atoms with Gasteiger partial charge in [0.2, 0.25) is 5.91 Å². The molecular weight excluding hydrogens is 330 g/mol. The maximum Gasteiger partial charge on any atom is 0.226 e. The number of carbonyl (C=O) groups is 1. The van der Waals surface area contributed by atoms with Gasteiger partial charge in [-0.25, -0.2) is 0 Å². The molecule has 1 aliphatic rings. The molecule has 1 heterocycles. The molecule has 0 aliphatic carbocycles. The van der Waals surface area contributed by atoms with Crippen molar-refractivity contribution >= 4 is 21.8 Å². The molecule has 1 amide bonds. The molecule has 4 heteroatoms. The van der Waals surface area contributed by atoms with E-state index in [0.717, 1.165) is 30.6 Å². The lowest BCUT2D eigenvalue weighted by Gasteiger charge is -2.26. The van der Waals surface area contributed by atoms with Crippen LogP contribution in [0.25, 0.3) is 0 Å². The maximum absolute atomic E-state index is 12.3. The van der Waals surface area contributed by atoms with Crippen molar-refractivity contribution in [1.82, 2.24) is 5.32 Å². The van der Waals surface area contributed by atoms with E-state index in [1.165, 1.54) is 0 Å². The van der Waals surface area contributed by atoms with Crippen LogP contribution in [-0.4, -0.2) is 23.9 Å². The van der Waals surface area contributed by atoms with E-state index < -0.39 is 0 Å². The molecule has 1 N–H and O–H groups in total. The summed E-state index contributed by atoms with van der Waals surface area (Å²) in [6, 6.07) is 7.95. The number of carbonyl (C=O) groups excluding carboxylic acids is 1. The van der Waals surface area contributed by atoms with Crippen LogP contribution in [0.4, 0.5) is 0 Å². The second kappa shape index (κ2) is 7.83. The zero-order valence-electron chi connectivity index (χ0n) is 12.8. The van der Waals surface area contributed by atoms with Crippen molar-refractivity contribution in [2.45, 2.75) is 37.9 Å². The summed E-state index contributed by atoms with van der Waals surface area (Å²) in [4.78, 5) is 12.6. The minimum absolute atomic E-state index is 0.0821. The van der Waals surface area contributed by atoms with Crippen LogP contribution in [0.5, 0.6) is 5.75 Å². The SMILES string of the molecule is CCC(CC)C(Br)CNC(=O)C1COc2ccccc2C1. The van der Waals surface area contributed by atoms with Gasteiger partial charge in [-0.15, -0.1) is 0 Å². The largest absolute Gasteiger partial charge is 0.492 e. The molecule has 2 atom stereocenters. The third-order valence-corrected chi connectivity index (χ3v) is 5.35. The minimum atomic E-state index is -0.0821. The highest BCUT2D eigenvalue weighted by molar-refractivity contribution is 9.09. The summed E-state index contributed by atoms with van der Waals surface area (Å²) in [5.41, 5.74) is 1.12. The van der Waals surface area contributed by atoms with E-state index in [2.05, 4.69) is 35.1 Å². The predicted octanol–water partition coefficient (Wildman–Crippen LogP) is 3.55. The molecule has 0 fully saturated rings. The van der Waals surface area contributed by atoms with E-state index in [0.29, 0.717) is 23.9 Å². The van der Waals surface area contributed by atoms with Crippen LogP contribution in [-0.2, 0) is 11.2 Å². The van der Waals surface area contributed by atoms with E-state index in [-0.39, 0.29) is 11.8 Å². The number of hydrogen-bond acceptors (Lipinski definition) is 2. The number of nitrogens with one attached hydrogen (secondary N) is 1. The number of para-hydroxylation sites is 1. The van der Waals surface area contributed by atoms with E-state index in [4.69, 9.17) is 4.74 Å². The summed E-state index contributed by atoms with van der Waals surface area (Å²) in [5.74, 6) is 1.53. The van der Waals surface area contributed by atoms with Gasteiger partial charge in [-0.2, -0.15) is 0 Å². The van der Waals surface area contributed by atoms with Crippen molar-refractivity contribution < 1.29 is 9.53 Å². The highest BCUT2D eigenvalue weighted by Gasteiger charge is 2.26. The first-order chi connectivity index (χ1) is 10.2. The summed E-state index contributed by atoms with van der Waals surface area (Å²) >= 11 is 3.70. The Kier molecular flexibility index (Phi) is 6.09. The van der Waals surface area contributed by atoms with Crippen molar-refractivity contribution in [3.63, 3.8) is 0 Å². The van der Waals surface area contributed by atoms with Crippen molar-refractivity contribution in [3.8, 4) is 5.75 Å². The number of alkyl halides is 1. The molecule has 0 spiro atoms. The molecule has 2 unspecified atom stereocenters. The van der Waals surface area contributed by atoms with E-state index in [1.807, 2.05) is 24.3 Å². The van der Waals surface area contributed by atoms with Gasteiger partial charge in [-0.05, 0) is 24.0 Å². The Hall–Kier alpha value is -1.03. The second-order valence-electron chi connectivity index (χ2n) is 5.66. The molecule has 116 valence electrons. The molecule has 1 aliphatic heterocycles. The zero-order chi connectivity index (χ0) is 15.2. The van der Waals surface area contributed by atoms with Crippen molar-refractivity contribution in [1.29, 1.82) is 0 Å². The summed E-state index contributed by atoms with van der Waals surface area (Å²) in [5, 5.41) is 3.07. The smallest absolute Gasteiger partial charge is 0.226 e. The standard InChI is InChI=1S/C17H24BrNO2/c1-3-12(4-2)15(18)10-19-17(20)14-9-13-7-5-6-8-16(13)21-11-14/h5-8,12,14-15H,3-4,9-11H2,1-2H3,(H,19,20). The minimum Gasteiger partial charge on any atom is -0.492 e. The first-order valence-corrected chi connectivity index (χ1v) is 8.69. The molecule has 0 saturated heterocycles. The van der Waals surface area contributed by atoms with Crippen molar-refractivity contribution in [2.24, 2.45) is 11.8 Å². The fraction of sp³-hybridized carbons (Fsp3) is 0.588. The Morgan fingerprint density at radius 1 is 1.38 bits per heavy atom. The number of benzene rings is 1. The summed E-state index contributed by atoms with van der Waals surface area (Å²) < 4.78 is 5.68. The van der Waals surface area contributed by atoms with E-state index in [9.17, 15) is 4.79 Å². The highest BCUT2D eigenvalue weighted by atomic mass is 79.9. The Balaban J connectivity index is 1.85. The number of rotatable bonds is 6. The molecule has 1 aromatic rings. The van der Waals surface area contributed by atoms with Gasteiger partial charge in [0, 0.05) is 11.4 Å². The van der Waals surface area contributed by atoms with Crippen LogP contribution >= 0.6 is 15.9 Å². The molecule has 0 aromatic heterocycles. The normalized spacial score (nSPS) is 18.8. The average molecular weight is 354 g/mol. The quantitative estimate of drug-likeness (QED) is 0.794. The van der Waals surface area contributed by atoms with Gasteiger partial charge in [0.05, 0.1) is 5.92 Å². The van der Waals surface area contributed by atoms with Gasteiger partial charge in [0.15, 0.2) is 0 Å². The van der Waals surface area contributed by atoms with Crippen LogP contribution in [0.15, 0.2) is 24.3 Å². The lowest BCUT2D eigenvalue weighted by atomic mass is 9.95. The third kappa shape index (κ3) is 4.22. The Bertz CT molecular complexity index is 474. The Labute approximate surface area is 135 Å². The fourth-order valence-electron chi connectivity index (χ4n) is 2.81. The second-order valence-corrected chi connectivity index (χ2v) is 6.83. The summed E-state index contributed by atoms with van der Waals surface area (Å²) in [7, 11) is 0.